The van der Waals surface area contributed by atoms with Crippen LogP contribution in [0.5, 0.6) is 0 Å². The van der Waals surface area contributed by atoms with E-state index in [1.165, 1.54) is 0 Å². The van der Waals surface area contributed by atoms with Crippen molar-refractivity contribution in [3.63, 3.8) is 0 Å². The van der Waals surface area contributed by atoms with Gasteiger partial charge in [-0.2, -0.15) is 0 Å². The van der Waals surface area contributed by atoms with E-state index in [4.69, 9.17) is 0 Å². The van der Waals surface area contributed by atoms with Gasteiger partial charge in [0, 0.05) is 0 Å². The number of hydrogen-bond donors (Lipinski definition) is 0. The first-order valence-corrected chi connectivity index (χ1v) is 3.91. The highest BCUT2D eigenvalue weighted by atomic mass is 15.3. The molecule has 0 bridgehead atoms. The Balaban J connectivity index is 2.39. The Hall–Kier alpha value is -1.05. The van der Waals surface area contributed by atoms with Crippen molar-refractivity contribution in [3.8, 4) is 0 Å². The van der Waals surface area contributed by atoms with E-state index in [-0.39, 0.29) is 0 Å². The van der Waals surface area contributed by atoms with Crippen molar-refractivity contribution >= 4 is 6.34 Å². The highest BCUT2D eigenvalue weighted by Crippen LogP contribution is 1.93. The fraction of sp³-hybridized carbons (Fsp3) is 0.444. The van der Waals surface area contributed by atoms with Gasteiger partial charge in [0.25, 0.3) is 0 Å². The molecule has 60 valence electrons. The fourth-order valence-electron chi connectivity index (χ4n) is 1.21. The highest BCUT2D eigenvalue weighted by molar-refractivity contribution is 5.50. The molecule has 1 aliphatic rings. The second-order valence-electron chi connectivity index (χ2n) is 2.68. The largest absolute Gasteiger partial charge is 0.261 e. The Morgan fingerprint density at radius 1 is 1.45 bits per heavy atom. The normalized spacial score (nSPS) is 16.4. The Morgan fingerprint density at radius 3 is 2.91 bits per heavy atom. The number of nitrogens with zero attached hydrogens (tertiary/aromatic N) is 2. The molecule has 0 atom stereocenters. The van der Waals surface area contributed by atoms with Gasteiger partial charge >= 0.3 is 0 Å². The van der Waals surface area contributed by atoms with E-state index < -0.39 is 0 Å². The summed E-state index contributed by atoms with van der Waals surface area (Å²) in [5.41, 5.74) is 0. The third kappa shape index (κ3) is 2.22. The van der Waals surface area contributed by atoms with Gasteiger partial charge < -0.3 is 0 Å². The highest BCUT2D eigenvalue weighted by Gasteiger charge is 2.15. The minimum Gasteiger partial charge on any atom is -0.261 e. The van der Waals surface area contributed by atoms with E-state index in [0.717, 1.165) is 26.2 Å². The molecule has 11 heavy (non-hydrogen) atoms. The average Bonchev–Trinajstić information content (AvgIpc) is 2.38. The zero-order chi connectivity index (χ0) is 8.10. The molecule has 0 radical (unpaired) electrons. The Bertz CT molecular complexity index is 182. The first-order valence-electron chi connectivity index (χ1n) is 3.91. The maximum atomic E-state index is 3.69. The van der Waals surface area contributed by atoms with Crippen molar-refractivity contribution in [2.24, 2.45) is 0 Å². The monoisotopic (exact) mass is 151 g/mol. The number of hydrogen-bond acceptors (Lipinski definition) is 1. The van der Waals surface area contributed by atoms with Gasteiger partial charge in [0.2, 0.25) is 6.34 Å². The molecule has 2 nitrogen and oxygen atoms in total. The van der Waals surface area contributed by atoms with Gasteiger partial charge in [0.1, 0.15) is 26.2 Å². The van der Waals surface area contributed by atoms with Crippen LogP contribution < -0.4 is 0 Å². The predicted molar refractivity (Wildman–Crippen MR) is 48.0 cm³/mol. The molecule has 0 fully saturated rings. The van der Waals surface area contributed by atoms with E-state index in [1.54, 1.807) is 0 Å². The van der Waals surface area contributed by atoms with Crippen molar-refractivity contribution in [2.45, 2.75) is 0 Å². The minimum atomic E-state index is 0.952. The summed E-state index contributed by atoms with van der Waals surface area (Å²) in [5.74, 6) is 0. The third-order valence-corrected chi connectivity index (χ3v) is 1.73. The first kappa shape index (κ1) is 8.05. The summed E-state index contributed by atoms with van der Waals surface area (Å²) in [5, 5.41) is 0. The van der Waals surface area contributed by atoms with Crippen LogP contribution in [0, 0.1) is 0 Å². The van der Waals surface area contributed by atoms with Crippen LogP contribution in [-0.4, -0.2) is 42.0 Å². The summed E-state index contributed by atoms with van der Waals surface area (Å²) in [6, 6.07) is 0. The predicted octanol–water partition coefficient (Wildman–Crippen LogP) is 0.715. The lowest BCUT2D eigenvalue weighted by Crippen LogP contribution is -2.18. The smallest absolute Gasteiger partial charge is 0.234 e. The van der Waals surface area contributed by atoms with E-state index >= 15 is 0 Å². The zero-order valence-electron chi connectivity index (χ0n) is 6.87. The van der Waals surface area contributed by atoms with Gasteiger partial charge in [-0.1, -0.05) is 25.3 Å². The molecule has 0 aliphatic carbocycles. The van der Waals surface area contributed by atoms with E-state index in [2.05, 4.69) is 29.0 Å². The van der Waals surface area contributed by atoms with Crippen LogP contribution in [0.25, 0.3) is 0 Å². The second kappa shape index (κ2) is 3.96. The quantitative estimate of drug-likeness (QED) is 0.424. The number of rotatable bonds is 4. The van der Waals surface area contributed by atoms with Gasteiger partial charge in [-0.25, -0.2) is 0 Å². The van der Waals surface area contributed by atoms with Crippen molar-refractivity contribution in [2.75, 3.05) is 26.2 Å². The van der Waals surface area contributed by atoms with Crippen LogP contribution in [0.2, 0.25) is 0 Å². The molecule has 1 rings (SSSR count). The summed E-state index contributed by atoms with van der Waals surface area (Å²) in [6.07, 6.45) is 5.99. The molecule has 1 aliphatic heterocycles. The molecule has 0 aromatic carbocycles. The Morgan fingerprint density at radius 2 is 2.27 bits per heavy atom. The molecule has 1 heterocycles. The molecule has 0 saturated carbocycles. The molecule has 2 heteroatoms. The van der Waals surface area contributed by atoms with Crippen LogP contribution in [0.4, 0.5) is 0 Å². The van der Waals surface area contributed by atoms with Crippen LogP contribution in [0.1, 0.15) is 0 Å². The van der Waals surface area contributed by atoms with E-state index in [0.29, 0.717) is 0 Å². The van der Waals surface area contributed by atoms with Crippen molar-refractivity contribution in [1.29, 1.82) is 0 Å². The SMILES string of the molecule is C=CCN1C=[N+](CC=C)CC1. The Labute approximate surface area is 68.1 Å². The molecular weight excluding hydrogens is 136 g/mol. The Kier molecular flexibility index (Phi) is 2.90. The lowest BCUT2D eigenvalue weighted by atomic mass is 10.5. The molecule has 0 unspecified atom stereocenters. The standard InChI is InChI=1S/C9H15N2/c1-3-5-10-7-8-11(9-10)6-4-2/h3-4,9H,1-2,5-8H2/q+1. The molecule has 0 aromatic rings. The molecule has 0 amide bonds. The molecule has 0 aromatic heterocycles. The summed E-state index contributed by atoms with van der Waals surface area (Å²) < 4.78 is 2.25. The lowest BCUT2D eigenvalue weighted by molar-refractivity contribution is -0.503. The summed E-state index contributed by atoms with van der Waals surface area (Å²) in [6.45, 7) is 11.5. The first-order chi connectivity index (χ1) is 5.36. The van der Waals surface area contributed by atoms with Crippen molar-refractivity contribution < 1.29 is 4.58 Å². The second-order valence-corrected chi connectivity index (χ2v) is 2.68. The van der Waals surface area contributed by atoms with Crippen molar-refractivity contribution in [3.05, 3.63) is 25.3 Å². The van der Waals surface area contributed by atoms with Gasteiger partial charge in [-0.15, -0.1) is 0 Å². The fourth-order valence-corrected chi connectivity index (χ4v) is 1.21. The van der Waals surface area contributed by atoms with Crippen LogP contribution in [-0.2, 0) is 0 Å². The van der Waals surface area contributed by atoms with E-state index in [9.17, 15) is 0 Å². The van der Waals surface area contributed by atoms with Gasteiger partial charge in [-0.3, -0.25) is 9.48 Å². The van der Waals surface area contributed by atoms with Crippen molar-refractivity contribution in [1.82, 2.24) is 4.90 Å². The van der Waals surface area contributed by atoms with Crippen LogP contribution >= 0.6 is 0 Å². The summed E-state index contributed by atoms with van der Waals surface area (Å²) in [4.78, 5) is 2.25. The van der Waals surface area contributed by atoms with E-state index in [1.807, 2.05) is 12.2 Å². The lowest BCUT2D eigenvalue weighted by Gasteiger charge is -1.99. The molecular formula is C9H15N2+. The van der Waals surface area contributed by atoms with Crippen LogP contribution in [0.3, 0.4) is 0 Å². The third-order valence-electron chi connectivity index (χ3n) is 1.73. The van der Waals surface area contributed by atoms with Gasteiger partial charge in [-0.05, 0) is 0 Å². The topological polar surface area (TPSA) is 6.25 Å². The molecule has 0 spiro atoms. The van der Waals surface area contributed by atoms with Crippen LogP contribution in [0.15, 0.2) is 25.3 Å². The maximum Gasteiger partial charge on any atom is 0.234 e. The minimum absolute atomic E-state index is 0.952. The average molecular weight is 151 g/mol. The molecule has 0 N–H and O–H groups in total. The molecule has 0 saturated heterocycles. The van der Waals surface area contributed by atoms with Gasteiger partial charge in [0.05, 0.1) is 0 Å². The summed E-state index contributed by atoms with van der Waals surface area (Å²) >= 11 is 0. The summed E-state index contributed by atoms with van der Waals surface area (Å²) in [7, 11) is 0. The van der Waals surface area contributed by atoms with Gasteiger partial charge in [0.15, 0.2) is 0 Å². The maximum absolute atomic E-state index is 3.69. The zero-order valence-corrected chi connectivity index (χ0v) is 6.87.